The minimum absolute atomic E-state index is 0.0637. The van der Waals surface area contributed by atoms with Crippen molar-refractivity contribution < 1.29 is 28.6 Å². The Hall–Kier alpha value is -1.59. The van der Waals surface area contributed by atoms with Crippen LogP contribution in [-0.2, 0) is 28.6 Å². The van der Waals surface area contributed by atoms with Gasteiger partial charge in [-0.05, 0) is 37.0 Å². The molecule has 0 rings (SSSR count). The van der Waals surface area contributed by atoms with Crippen LogP contribution in [0.1, 0.15) is 330 Å². The van der Waals surface area contributed by atoms with Gasteiger partial charge in [0.2, 0.25) is 0 Å². The molecule has 0 amide bonds. The van der Waals surface area contributed by atoms with E-state index in [1.54, 1.807) is 0 Å². The summed E-state index contributed by atoms with van der Waals surface area (Å²) in [5, 5.41) is 0. The first-order valence-electron chi connectivity index (χ1n) is 29.6. The summed E-state index contributed by atoms with van der Waals surface area (Å²) in [6.07, 6.45) is 53.9. The molecule has 6 heteroatoms. The van der Waals surface area contributed by atoms with Crippen LogP contribution >= 0.6 is 0 Å². The standard InChI is InChI=1S/C60H116O6/c1-54(2)46-40-34-28-22-16-13-11-9-7-8-10-12-14-18-27-33-39-45-51-60(63)66-57(53-65-59(62)50-44-38-32-26-21-20-24-30-36-42-48-56(5)6)52-64-58(61)49-43-37-31-25-19-15-17-23-29-35-41-47-55(3)4/h54-57H,7-53H2,1-6H3/t57-/m0/s1. The zero-order chi connectivity index (χ0) is 48.4. The highest BCUT2D eigenvalue weighted by Gasteiger charge is 2.19. The third-order valence-electron chi connectivity index (χ3n) is 13.6. The fraction of sp³-hybridized carbons (Fsp3) is 0.950. The Balaban J connectivity index is 4.26. The number of ether oxygens (including phenoxy) is 3. The lowest BCUT2D eigenvalue weighted by Crippen LogP contribution is -2.30. The first-order valence-corrected chi connectivity index (χ1v) is 29.6. The summed E-state index contributed by atoms with van der Waals surface area (Å²) in [6.45, 7) is 13.8. The van der Waals surface area contributed by atoms with Crippen molar-refractivity contribution >= 4 is 17.9 Å². The van der Waals surface area contributed by atoms with Crippen LogP contribution in [0.4, 0.5) is 0 Å². The van der Waals surface area contributed by atoms with Gasteiger partial charge in [-0.15, -0.1) is 0 Å². The fourth-order valence-corrected chi connectivity index (χ4v) is 9.18. The van der Waals surface area contributed by atoms with Crippen molar-refractivity contribution in [1.82, 2.24) is 0 Å². The summed E-state index contributed by atoms with van der Waals surface area (Å²) in [5.74, 6) is 1.66. The molecule has 0 N–H and O–H groups in total. The number of hydrogen-bond donors (Lipinski definition) is 0. The Labute approximate surface area is 412 Å². The SMILES string of the molecule is CC(C)CCCCCCCCCCCCCCCCCCCCC(=O)O[C@@H](COC(=O)CCCCCCCCCCCCCC(C)C)COC(=O)CCCCCCCCCCCCC(C)C. The molecule has 0 aliphatic rings. The number of esters is 3. The molecule has 6 nitrogen and oxygen atoms in total. The van der Waals surface area contributed by atoms with Crippen molar-refractivity contribution in [2.24, 2.45) is 17.8 Å². The van der Waals surface area contributed by atoms with Crippen molar-refractivity contribution in [2.45, 2.75) is 337 Å². The van der Waals surface area contributed by atoms with Gasteiger partial charge < -0.3 is 14.2 Å². The van der Waals surface area contributed by atoms with Gasteiger partial charge in [0.1, 0.15) is 13.2 Å². The molecule has 0 radical (unpaired) electrons. The van der Waals surface area contributed by atoms with E-state index in [-0.39, 0.29) is 31.1 Å². The topological polar surface area (TPSA) is 78.9 Å². The Morgan fingerprint density at radius 1 is 0.258 bits per heavy atom. The molecule has 0 saturated carbocycles. The van der Waals surface area contributed by atoms with Crippen molar-refractivity contribution in [3.63, 3.8) is 0 Å². The van der Waals surface area contributed by atoms with Crippen LogP contribution in [0.2, 0.25) is 0 Å². The van der Waals surface area contributed by atoms with E-state index in [1.807, 2.05) is 0 Å². The fourth-order valence-electron chi connectivity index (χ4n) is 9.18. The van der Waals surface area contributed by atoms with Gasteiger partial charge in [-0.3, -0.25) is 14.4 Å². The lowest BCUT2D eigenvalue weighted by molar-refractivity contribution is -0.167. The monoisotopic (exact) mass is 933 g/mol. The minimum Gasteiger partial charge on any atom is -0.462 e. The van der Waals surface area contributed by atoms with Gasteiger partial charge >= 0.3 is 17.9 Å². The molecule has 0 aliphatic heterocycles. The maximum atomic E-state index is 12.9. The van der Waals surface area contributed by atoms with Gasteiger partial charge in [-0.25, -0.2) is 0 Å². The number of hydrogen-bond acceptors (Lipinski definition) is 6. The average molecular weight is 934 g/mol. The summed E-state index contributed by atoms with van der Waals surface area (Å²) in [7, 11) is 0. The van der Waals surface area contributed by atoms with Crippen molar-refractivity contribution in [1.29, 1.82) is 0 Å². The molecule has 0 aliphatic carbocycles. The molecule has 0 saturated heterocycles. The second-order valence-corrected chi connectivity index (χ2v) is 22.1. The Bertz CT molecular complexity index is 1020. The quantitative estimate of drug-likeness (QED) is 0.0343. The smallest absolute Gasteiger partial charge is 0.306 e. The predicted molar refractivity (Wildman–Crippen MR) is 284 cm³/mol. The molecule has 0 unspecified atom stereocenters. The second-order valence-electron chi connectivity index (χ2n) is 22.1. The van der Waals surface area contributed by atoms with E-state index in [1.165, 1.54) is 212 Å². The van der Waals surface area contributed by atoms with Gasteiger partial charge in [0.05, 0.1) is 0 Å². The predicted octanol–water partition coefficient (Wildman–Crippen LogP) is 19.5. The molecule has 0 fully saturated rings. The van der Waals surface area contributed by atoms with Crippen molar-refractivity contribution in [3.05, 3.63) is 0 Å². The zero-order valence-electron chi connectivity index (χ0n) is 45.5. The maximum Gasteiger partial charge on any atom is 0.306 e. The van der Waals surface area contributed by atoms with Gasteiger partial charge in [0.25, 0.3) is 0 Å². The summed E-state index contributed by atoms with van der Waals surface area (Å²) >= 11 is 0. The lowest BCUT2D eigenvalue weighted by Gasteiger charge is -2.18. The third kappa shape index (κ3) is 53.4. The molecule has 0 heterocycles. The van der Waals surface area contributed by atoms with E-state index in [9.17, 15) is 14.4 Å². The summed E-state index contributed by atoms with van der Waals surface area (Å²) < 4.78 is 16.9. The summed E-state index contributed by atoms with van der Waals surface area (Å²) in [4.78, 5) is 38.1. The molecule has 0 aromatic rings. The summed E-state index contributed by atoms with van der Waals surface area (Å²) in [6, 6.07) is 0. The number of carbonyl (C=O) groups is 3. The van der Waals surface area contributed by atoms with Gasteiger partial charge in [0, 0.05) is 19.3 Å². The van der Waals surface area contributed by atoms with Crippen LogP contribution in [0, 0.1) is 17.8 Å². The van der Waals surface area contributed by atoms with Crippen molar-refractivity contribution in [2.75, 3.05) is 13.2 Å². The van der Waals surface area contributed by atoms with Crippen LogP contribution in [0.15, 0.2) is 0 Å². The Kier molecular flexibility index (Phi) is 50.0. The maximum absolute atomic E-state index is 12.9. The molecule has 0 bridgehead atoms. The molecule has 1 atom stereocenters. The number of carbonyl (C=O) groups excluding carboxylic acids is 3. The first kappa shape index (κ1) is 64.4. The Morgan fingerprint density at radius 2 is 0.439 bits per heavy atom. The lowest BCUT2D eigenvalue weighted by atomic mass is 10.0. The van der Waals surface area contributed by atoms with E-state index in [4.69, 9.17) is 14.2 Å². The van der Waals surface area contributed by atoms with Crippen LogP contribution in [0.3, 0.4) is 0 Å². The van der Waals surface area contributed by atoms with E-state index >= 15 is 0 Å². The highest BCUT2D eigenvalue weighted by atomic mass is 16.6. The number of unbranched alkanes of at least 4 members (excludes halogenated alkanes) is 36. The van der Waals surface area contributed by atoms with E-state index < -0.39 is 6.10 Å². The molecule has 0 aromatic heterocycles. The van der Waals surface area contributed by atoms with E-state index in [0.29, 0.717) is 19.3 Å². The number of rotatable bonds is 53. The molecule has 0 spiro atoms. The molecular formula is C60H116O6. The molecule has 0 aromatic carbocycles. The highest BCUT2D eigenvalue weighted by Crippen LogP contribution is 2.19. The molecule has 66 heavy (non-hydrogen) atoms. The van der Waals surface area contributed by atoms with Crippen LogP contribution in [0.25, 0.3) is 0 Å². The van der Waals surface area contributed by atoms with Crippen molar-refractivity contribution in [3.8, 4) is 0 Å². The highest BCUT2D eigenvalue weighted by molar-refractivity contribution is 5.71. The molecule has 392 valence electrons. The normalized spacial score (nSPS) is 12.1. The van der Waals surface area contributed by atoms with E-state index in [2.05, 4.69) is 41.5 Å². The van der Waals surface area contributed by atoms with Gasteiger partial charge in [0.15, 0.2) is 6.10 Å². The summed E-state index contributed by atoms with van der Waals surface area (Å²) in [5.41, 5.74) is 0. The largest absolute Gasteiger partial charge is 0.462 e. The average Bonchev–Trinajstić information content (AvgIpc) is 3.28. The minimum atomic E-state index is -0.764. The van der Waals surface area contributed by atoms with E-state index in [0.717, 1.165) is 75.5 Å². The zero-order valence-corrected chi connectivity index (χ0v) is 45.5. The van der Waals surface area contributed by atoms with Crippen LogP contribution < -0.4 is 0 Å². The van der Waals surface area contributed by atoms with Gasteiger partial charge in [-0.2, -0.15) is 0 Å². The van der Waals surface area contributed by atoms with Crippen LogP contribution in [-0.4, -0.2) is 37.2 Å². The Morgan fingerprint density at radius 3 is 0.652 bits per heavy atom. The van der Waals surface area contributed by atoms with Crippen LogP contribution in [0.5, 0.6) is 0 Å². The molecular weight excluding hydrogens is 817 g/mol. The van der Waals surface area contributed by atoms with Gasteiger partial charge in [-0.1, -0.05) is 292 Å². The second kappa shape index (κ2) is 51.3. The first-order chi connectivity index (χ1) is 32.1. The third-order valence-corrected chi connectivity index (χ3v) is 13.6.